The van der Waals surface area contributed by atoms with E-state index in [-0.39, 0.29) is 6.04 Å². The second kappa shape index (κ2) is 8.19. The highest BCUT2D eigenvalue weighted by molar-refractivity contribution is 7.61. The van der Waals surface area contributed by atoms with Crippen molar-refractivity contribution in [3.63, 3.8) is 0 Å². The van der Waals surface area contributed by atoms with Crippen LogP contribution in [0.4, 0.5) is 14.5 Å². The molecule has 0 radical (unpaired) electrons. The molecule has 0 saturated heterocycles. The third-order valence-corrected chi connectivity index (χ3v) is 5.90. The zero-order chi connectivity index (χ0) is 16.8. The molecule has 2 nitrogen and oxygen atoms in total. The SMILES string of the molecule is C=CP(Cc1cccc(F)c1F)N(c1ccccc1)C(C)CN. The topological polar surface area (TPSA) is 29.3 Å². The van der Waals surface area contributed by atoms with Gasteiger partial charge in [0.05, 0.1) is 0 Å². The molecule has 0 fully saturated rings. The fourth-order valence-electron chi connectivity index (χ4n) is 2.41. The van der Waals surface area contributed by atoms with Crippen molar-refractivity contribution < 1.29 is 8.78 Å². The van der Waals surface area contributed by atoms with E-state index in [1.165, 1.54) is 6.07 Å². The predicted octanol–water partition coefficient (Wildman–Crippen LogP) is 4.86. The van der Waals surface area contributed by atoms with Crippen molar-refractivity contribution in [2.45, 2.75) is 19.1 Å². The van der Waals surface area contributed by atoms with Crippen LogP contribution in [0.2, 0.25) is 0 Å². The van der Waals surface area contributed by atoms with Crippen molar-refractivity contribution in [3.05, 3.63) is 78.1 Å². The molecule has 5 heteroatoms. The van der Waals surface area contributed by atoms with Crippen LogP contribution in [0.5, 0.6) is 0 Å². The third kappa shape index (κ3) is 4.15. The van der Waals surface area contributed by atoms with Crippen LogP contribution in [0, 0.1) is 11.6 Å². The van der Waals surface area contributed by atoms with Crippen LogP contribution >= 0.6 is 8.07 Å². The fourth-order valence-corrected chi connectivity index (χ4v) is 4.49. The maximum absolute atomic E-state index is 14.0. The molecule has 2 unspecified atom stereocenters. The van der Waals surface area contributed by atoms with E-state index in [1.807, 2.05) is 43.1 Å². The number of hydrogen-bond donors (Lipinski definition) is 1. The highest BCUT2D eigenvalue weighted by Gasteiger charge is 2.23. The van der Waals surface area contributed by atoms with Crippen molar-refractivity contribution in [3.8, 4) is 0 Å². The molecule has 0 heterocycles. The first-order valence-electron chi connectivity index (χ1n) is 7.44. The molecular formula is C18H21F2N2P. The summed E-state index contributed by atoms with van der Waals surface area (Å²) in [5.74, 6) is 0.216. The predicted molar refractivity (Wildman–Crippen MR) is 94.6 cm³/mol. The van der Waals surface area contributed by atoms with Crippen LogP contribution in [0.3, 0.4) is 0 Å². The minimum atomic E-state index is -0.938. The van der Waals surface area contributed by atoms with Gasteiger partial charge in [-0.1, -0.05) is 36.9 Å². The Balaban J connectivity index is 2.35. The molecule has 0 bridgehead atoms. The lowest BCUT2D eigenvalue weighted by Gasteiger charge is -2.36. The Kier molecular flexibility index (Phi) is 6.26. The van der Waals surface area contributed by atoms with Gasteiger partial charge in [0.25, 0.3) is 0 Å². The highest BCUT2D eigenvalue weighted by Crippen LogP contribution is 2.49. The summed E-state index contributed by atoms with van der Waals surface area (Å²) in [6.45, 7) is 6.39. The Labute approximate surface area is 137 Å². The number of nitrogens with zero attached hydrogens (tertiary/aromatic N) is 1. The minimum absolute atomic E-state index is 0.0677. The maximum atomic E-state index is 14.0. The van der Waals surface area contributed by atoms with Gasteiger partial charge in [-0.2, -0.15) is 0 Å². The summed E-state index contributed by atoms with van der Waals surface area (Å²) in [5.41, 5.74) is 7.22. The number of benzene rings is 2. The number of halogens is 2. The second-order valence-corrected chi connectivity index (χ2v) is 7.25. The van der Waals surface area contributed by atoms with Gasteiger partial charge in [-0.25, -0.2) is 8.78 Å². The van der Waals surface area contributed by atoms with Gasteiger partial charge in [-0.05, 0) is 36.5 Å². The normalized spacial score (nSPS) is 13.4. The molecule has 0 amide bonds. The van der Waals surface area contributed by atoms with Crippen LogP contribution in [-0.2, 0) is 6.16 Å². The number of anilines is 1. The van der Waals surface area contributed by atoms with Gasteiger partial charge in [0, 0.05) is 32.5 Å². The lowest BCUT2D eigenvalue weighted by molar-refractivity contribution is 0.502. The van der Waals surface area contributed by atoms with Gasteiger partial charge >= 0.3 is 0 Å². The monoisotopic (exact) mass is 334 g/mol. The molecule has 23 heavy (non-hydrogen) atoms. The largest absolute Gasteiger partial charge is 0.343 e. The number of hydrogen-bond acceptors (Lipinski definition) is 2. The van der Waals surface area contributed by atoms with Crippen molar-refractivity contribution in [2.24, 2.45) is 5.73 Å². The molecule has 0 spiro atoms. The molecule has 0 aromatic heterocycles. The fraction of sp³-hybridized carbons (Fsp3) is 0.222. The lowest BCUT2D eigenvalue weighted by atomic mass is 10.2. The van der Waals surface area contributed by atoms with Gasteiger partial charge in [0.2, 0.25) is 0 Å². The molecule has 2 aromatic carbocycles. The van der Waals surface area contributed by atoms with E-state index >= 15 is 0 Å². The number of nitrogens with two attached hydrogens (primary N) is 1. The summed E-state index contributed by atoms with van der Waals surface area (Å²) in [5, 5.41) is 0. The Morgan fingerprint density at radius 1 is 1.17 bits per heavy atom. The molecule has 0 saturated carbocycles. The van der Waals surface area contributed by atoms with Gasteiger partial charge in [0.15, 0.2) is 11.6 Å². The average Bonchev–Trinajstić information content (AvgIpc) is 2.58. The molecule has 122 valence electrons. The Hall–Kier alpha value is -1.77. The summed E-state index contributed by atoms with van der Waals surface area (Å²) in [6, 6.07) is 14.2. The quantitative estimate of drug-likeness (QED) is 0.733. The van der Waals surface area contributed by atoms with E-state index in [9.17, 15) is 8.78 Å². The van der Waals surface area contributed by atoms with Crippen molar-refractivity contribution in [2.75, 3.05) is 11.2 Å². The smallest absolute Gasteiger partial charge is 0.162 e. The van der Waals surface area contributed by atoms with Crippen molar-refractivity contribution >= 4 is 13.8 Å². The zero-order valence-corrected chi connectivity index (χ0v) is 14.0. The van der Waals surface area contributed by atoms with E-state index < -0.39 is 19.7 Å². The number of para-hydroxylation sites is 1. The van der Waals surface area contributed by atoms with Crippen molar-refractivity contribution in [1.29, 1.82) is 0 Å². The molecule has 0 aliphatic rings. The van der Waals surface area contributed by atoms with Crippen LogP contribution in [0.1, 0.15) is 12.5 Å². The van der Waals surface area contributed by atoms with Crippen LogP contribution in [0.25, 0.3) is 0 Å². The van der Waals surface area contributed by atoms with E-state index in [0.29, 0.717) is 18.3 Å². The van der Waals surface area contributed by atoms with E-state index in [2.05, 4.69) is 11.2 Å². The summed E-state index contributed by atoms with van der Waals surface area (Å²) in [7, 11) is -0.938. The first-order chi connectivity index (χ1) is 11.1. The van der Waals surface area contributed by atoms with Crippen LogP contribution in [0.15, 0.2) is 60.9 Å². The number of rotatable bonds is 7. The highest BCUT2D eigenvalue weighted by atomic mass is 31.1. The summed E-state index contributed by atoms with van der Waals surface area (Å²) in [4.78, 5) is 0. The first kappa shape index (κ1) is 17.6. The van der Waals surface area contributed by atoms with E-state index in [4.69, 9.17) is 5.73 Å². The molecule has 2 aromatic rings. The summed E-state index contributed by atoms with van der Waals surface area (Å²) in [6.07, 6.45) is 0.391. The second-order valence-electron chi connectivity index (χ2n) is 5.26. The Morgan fingerprint density at radius 2 is 1.87 bits per heavy atom. The lowest BCUT2D eigenvalue weighted by Crippen LogP contribution is -2.34. The molecule has 0 aliphatic heterocycles. The van der Waals surface area contributed by atoms with Gasteiger partial charge < -0.3 is 10.4 Å². The zero-order valence-electron chi connectivity index (χ0n) is 13.1. The minimum Gasteiger partial charge on any atom is -0.343 e. The van der Waals surface area contributed by atoms with Crippen molar-refractivity contribution in [1.82, 2.24) is 0 Å². The Bertz CT molecular complexity index is 649. The standard InChI is InChI=1S/C18H21F2N2P/c1-3-23(13-15-8-7-11-17(19)18(15)20)22(14(2)12-21)16-9-5-4-6-10-16/h3-11,14H,1,12-13,21H2,2H3. The molecule has 2 atom stereocenters. The summed E-state index contributed by atoms with van der Waals surface area (Å²) < 4.78 is 29.6. The molecule has 0 aliphatic carbocycles. The average molecular weight is 334 g/mol. The first-order valence-corrected chi connectivity index (χ1v) is 8.99. The van der Waals surface area contributed by atoms with E-state index in [1.54, 1.807) is 6.07 Å². The van der Waals surface area contributed by atoms with Gasteiger partial charge in [-0.15, -0.1) is 0 Å². The van der Waals surface area contributed by atoms with Gasteiger partial charge in [-0.3, -0.25) is 0 Å². The van der Waals surface area contributed by atoms with E-state index in [0.717, 1.165) is 11.8 Å². The molecule has 2 N–H and O–H groups in total. The third-order valence-electron chi connectivity index (χ3n) is 3.63. The van der Waals surface area contributed by atoms with Gasteiger partial charge in [0.1, 0.15) is 0 Å². The van der Waals surface area contributed by atoms with Crippen LogP contribution in [-0.4, -0.2) is 12.6 Å². The Morgan fingerprint density at radius 3 is 2.48 bits per heavy atom. The van der Waals surface area contributed by atoms with Crippen LogP contribution < -0.4 is 10.4 Å². The summed E-state index contributed by atoms with van der Waals surface area (Å²) >= 11 is 0. The molecular weight excluding hydrogens is 313 g/mol. The maximum Gasteiger partial charge on any atom is 0.162 e. The molecule has 2 rings (SSSR count).